The number of thiophene rings is 1. The van der Waals surface area contributed by atoms with Crippen LogP contribution in [0.3, 0.4) is 0 Å². The lowest BCUT2D eigenvalue weighted by molar-refractivity contribution is 0.178. The monoisotopic (exact) mass is 356 g/mol. The second kappa shape index (κ2) is 6.07. The molecule has 2 bridgehead atoms. The number of nitrogens with two attached hydrogens (primary N) is 1. The molecular formula is C16H25BrN2S. The first kappa shape index (κ1) is 15.0. The van der Waals surface area contributed by atoms with Gasteiger partial charge >= 0.3 is 0 Å². The Labute approximate surface area is 134 Å². The Morgan fingerprint density at radius 1 is 1.45 bits per heavy atom. The Morgan fingerprint density at radius 2 is 2.25 bits per heavy atom. The third-order valence-corrected chi connectivity index (χ3v) is 7.60. The van der Waals surface area contributed by atoms with Crippen molar-refractivity contribution in [1.82, 2.24) is 4.90 Å². The highest BCUT2D eigenvalue weighted by Crippen LogP contribution is 2.48. The van der Waals surface area contributed by atoms with Crippen LogP contribution in [0.2, 0.25) is 0 Å². The van der Waals surface area contributed by atoms with Gasteiger partial charge in [0.25, 0.3) is 0 Å². The number of likely N-dealkylation sites (N-methyl/N-ethyl adjacent to an activating group) is 1. The van der Waals surface area contributed by atoms with Crippen molar-refractivity contribution in [2.75, 3.05) is 20.1 Å². The summed E-state index contributed by atoms with van der Waals surface area (Å²) in [6, 6.07) is 2.64. The van der Waals surface area contributed by atoms with Crippen LogP contribution in [-0.4, -0.2) is 25.0 Å². The molecule has 2 nitrogen and oxygen atoms in total. The number of rotatable bonds is 5. The van der Waals surface area contributed by atoms with Crippen molar-refractivity contribution in [3.63, 3.8) is 0 Å². The number of halogens is 1. The number of fused-ring (bicyclic) bond motifs is 2. The van der Waals surface area contributed by atoms with E-state index < -0.39 is 0 Å². The van der Waals surface area contributed by atoms with E-state index in [4.69, 9.17) is 5.73 Å². The minimum Gasteiger partial charge on any atom is -0.329 e. The van der Waals surface area contributed by atoms with Crippen molar-refractivity contribution in [2.45, 2.75) is 38.6 Å². The van der Waals surface area contributed by atoms with E-state index >= 15 is 0 Å². The minimum atomic E-state index is 0.379. The number of aryl methyl sites for hydroxylation is 1. The second-order valence-electron chi connectivity index (χ2n) is 6.68. The summed E-state index contributed by atoms with van der Waals surface area (Å²) in [7, 11) is 2.26. The summed E-state index contributed by atoms with van der Waals surface area (Å²) < 4.78 is 1.23. The van der Waals surface area contributed by atoms with Gasteiger partial charge in [-0.2, -0.15) is 0 Å². The molecule has 1 aromatic rings. The van der Waals surface area contributed by atoms with Gasteiger partial charge in [-0.05, 0) is 73.0 Å². The van der Waals surface area contributed by atoms with Crippen molar-refractivity contribution in [3.8, 4) is 0 Å². The predicted molar refractivity (Wildman–Crippen MR) is 90.1 cm³/mol. The lowest BCUT2D eigenvalue weighted by Crippen LogP contribution is -2.35. The van der Waals surface area contributed by atoms with E-state index in [1.54, 1.807) is 0 Å². The Morgan fingerprint density at radius 3 is 2.75 bits per heavy atom. The summed E-state index contributed by atoms with van der Waals surface area (Å²) in [4.78, 5) is 5.26. The van der Waals surface area contributed by atoms with Crippen LogP contribution in [0.1, 0.15) is 41.5 Å². The highest BCUT2D eigenvalue weighted by molar-refractivity contribution is 9.10. The summed E-state index contributed by atoms with van der Waals surface area (Å²) >= 11 is 5.51. The lowest BCUT2D eigenvalue weighted by atomic mass is 9.88. The van der Waals surface area contributed by atoms with E-state index in [0.29, 0.717) is 12.6 Å². The van der Waals surface area contributed by atoms with Gasteiger partial charge in [0, 0.05) is 27.3 Å². The maximum Gasteiger partial charge on any atom is 0.0562 e. The Balaban J connectivity index is 1.66. The average Bonchev–Trinajstić information content (AvgIpc) is 3.08. The molecule has 0 aromatic carbocycles. The van der Waals surface area contributed by atoms with Crippen LogP contribution in [-0.2, 0) is 0 Å². The summed E-state index contributed by atoms with van der Waals surface area (Å²) in [6.45, 7) is 4.10. The predicted octanol–water partition coefficient (Wildman–Crippen LogP) is 4.19. The smallest absolute Gasteiger partial charge is 0.0562 e. The molecule has 2 saturated carbocycles. The van der Waals surface area contributed by atoms with Crippen LogP contribution < -0.4 is 5.73 Å². The van der Waals surface area contributed by atoms with Crippen molar-refractivity contribution in [3.05, 3.63) is 20.3 Å². The molecule has 112 valence electrons. The van der Waals surface area contributed by atoms with Crippen LogP contribution in [0, 0.1) is 24.7 Å². The molecule has 2 N–H and O–H groups in total. The highest BCUT2D eigenvalue weighted by atomic mass is 79.9. The molecule has 1 heterocycles. The SMILES string of the molecule is Cc1sc(C(CN)N(C)CC2CC3CCC2C3)cc1Br. The molecular weight excluding hydrogens is 332 g/mol. The van der Waals surface area contributed by atoms with Crippen LogP contribution in [0.5, 0.6) is 0 Å². The molecule has 0 aliphatic heterocycles. The quantitative estimate of drug-likeness (QED) is 0.856. The fourth-order valence-corrected chi connectivity index (χ4v) is 6.00. The van der Waals surface area contributed by atoms with Gasteiger partial charge in [0.05, 0.1) is 6.04 Å². The molecule has 3 rings (SSSR count). The van der Waals surface area contributed by atoms with Crippen molar-refractivity contribution >= 4 is 27.3 Å². The maximum absolute atomic E-state index is 6.06. The highest BCUT2D eigenvalue weighted by Gasteiger charge is 2.40. The summed E-state index contributed by atoms with van der Waals surface area (Å²) in [5.74, 6) is 2.95. The molecule has 4 heteroatoms. The third-order valence-electron chi connectivity index (χ3n) is 5.37. The van der Waals surface area contributed by atoms with E-state index in [1.165, 1.54) is 46.5 Å². The van der Waals surface area contributed by atoms with Crippen molar-refractivity contribution in [2.24, 2.45) is 23.5 Å². The minimum absolute atomic E-state index is 0.379. The largest absolute Gasteiger partial charge is 0.329 e. The third kappa shape index (κ3) is 2.85. The molecule has 4 unspecified atom stereocenters. The Bertz CT molecular complexity index is 454. The standard InChI is InChI=1S/C16H25BrN2S/c1-10-14(17)7-16(20-10)15(8-18)19(2)9-13-6-11-3-4-12(13)5-11/h7,11-13,15H,3-6,8-9,18H2,1-2H3. The summed E-state index contributed by atoms with van der Waals surface area (Å²) in [6.07, 6.45) is 5.91. The van der Waals surface area contributed by atoms with E-state index in [1.807, 2.05) is 11.3 Å². The second-order valence-corrected chi connectivity index (χ2v) is 8.82. The van der Waals surface area contributed by atoms with Gasteiger partial charge in [0.1, 0.15) is 0 Å². The van der Waals surface area contributed by atoms with Gasteiger partial charge in [-0.15, -0.1) is 11.3 Å². The molecule has 0 radical (unpaired) electrons. The fourth-order valence-electron chi connectivity index (χ4n) is 4.26. The fraction of sp³-hybridized carbons (Fsp3) is 0.750. The van der Waals surface area contributed by atoms with E-state index in [2.05, 4.69) is 40.9 Å². The molecule has 20 heavy (non-hydrogen) atoms. The molecule has 0 saturated heterocycles. The molecule has 2 aliphatic carbocycles. The Hall–Kier alpha value is 0.100. The van der Waals surface area contributed by atoms with E-state index in [9.17, 15) is 0 Å². The van der Waals surface area contributed by atoms with Crippen LogP contribution >= 0.6 is 27.3 Å². The van der Waals surface area contributed by atoms with Gasteiger partial charge in [-0.1, -0.05) is 6.42 Å². The summed E-state index contributed by atoms with van der Waals surface area (Å²) in [5.41, 5.74) is 6.06. The molecule has 4 atom stereocenters. The maximum atomic E-state index is 6.06. The molecule has 2 aliphatic rings. The van der Waals surface area contributed by atoms with Crippen molar-refractivity contribution in [1.29, 1.82) is 0 Å². The molecule has 0 spiro atoms. The zero-order valence-corrected chi connectivity index (χ0v) is 14.8. The van der Waals surface area contributed by atoms with Crippen LogP contribution in [0.15, 0.2) is 10.5 Å². The topological polar surface area (TPSA) is 29.3 Å². The first-order chi connectivity index (χ1) is 9.58. The molecule has 0 amide bonds. The summed E-state index contributed by atoms with van der Waals surface area (Å²) in [5, 5.41) is 0. The number of hydrogen-bond acceptors (Lipinski definition) is 3. The van der Waals surface area contributed by atoms with Crippen LogP contribution in [0.25, 0.3) is 0 Å². The number of hydrogen-bond donors (Lipinski definition) is 1. The van der Waals surface area contributed by atoms with Crippen LogP contribution in [0.4, 0.5) is 0 Å². The number of nitrogens with zero attached hydrogens (tertiary/aromatic N) is 1. The molecule has 1 aromatic heterocycles. The van der Waals surface area contributed by atoms with Gasteiger partial charge in [-0.3, -0.25) is 4.90 Å². The lowest BCUT2D eigenvalue weighted by Gasteiger charge is -2.32. The van der Waals surface area contributed by atoms with Gasteiger partial charge in [0.15, 0.2) is 0 Å². The average molecular weight is 357 g/mol. The van der Waals surface area contributed by atoms with Gasteiger partial charge in [0.2, 0.25) is 0 Å². The first-order valence-electron chi connectivity index (χ1n) is 7.74. The normalized spacial score (nSPS) is 30.4. The Kier molecular flexibility index (Phi) is 4.56. The molecule has 2 fully saturated rings. The van der Waals surface area contributed by atoms with E-state index in [-0.39, 0.29) is 0 Å². The van der Waals surface area contributed by atoms with E-state index in [0.717, 1.165) is 17.8 Å². The first-order valence-corrected chi connectivity index (χ1v) is 9.35. The zero-order chi connectivity index (χ0) is 14.3. The van der Waals surface area contributed by atoms with Crippen molar-refractivity contribution < 1.29 is 0 Å². The van der Waals surface area contributed by atoms with Gasteiger partial charge in [-0.25, -0.2) is 0 Å². The zero-order valence-electron chi connectivity index (χ0n) is 12.4. The van der Waals surface area contributed by atoms with Gasteiger partial charge < -0.3 is 5.73 Å².